The Labute approximate surface area is 118 Å². The Morgan fingerprint density at radius 3 is 2.47 bits per heavy atom. The minimum atomic E-state index is 0.0872. The molecule has 0 aromatic carbocycles. The number of nitrogens with zero attached hydrogens (tertiary/aromatic N) is 1. The monoisotopic (exact) mass is 266 g/mol. The summed E-state index contributed by atoms with van der Waals surface area (Å²) in [5, 5.41) is 3.58. The first-order valence-corrected chi connectivity index (χ1v) is 8.22. The van der Waals surface area contributed by atoms with Crippen LogP contribution in [-0.4, -0.2) is 29.6 Å². The summed E-state index contributed by atoms with van der Waals surface area (Å²) in [7, 11) is 0. The highest BCUT2D eigenvalue weighted by atomic mass is 16.2. The molecular weight excluding hydrogens is 236 g/mol. The zero-order chi connectivity index (χ0) is 13.9. The van der Waals surface area contributed by atoms with Crippen molar-refractivity contribution in [2.45, 2.75) is 84.3 Å². The highest BCUT2D eigenvalue weighted by Gasteiger charge is 2.47. The van der Waals surface area contributed by atoms with E-state index in [1.54, 1.807) is 0 Å². The van der Waals surface area contributed by atoms with Crippen molar-refractivity contribution in [2.24, 2.45) is 5.41 Å². The summed E-state index contributed by atoms with van der Waals surface area (Å²) in [5.74, 6) is 0.367. The molecule has 1 amide bonds. The predicted molar refractivity (Wildman–Crippen MR) is 78.8 cm³/mol. The lowest BCUT2D eigenvalue weighted by atomic mass is 10.0. The summed E-state index contributed by atoms with van der Waals surface area (Å²) in [5.41, 5.74) is 0.461. The summed E-state index contributed by atoms with van der Waals surface area (Å²) in [4.78, 5) is 14.7. The van der Waals surface area contributed by atoms with Gasteiger partial charge in [0.15, 0.2) is 0 Å². The second-order valence-corrected chi connectivity index (χ2v) is 6.49. The SMILES string of the molecule is CCCCC1NC(CCC)N(CC2(CC)CC2)C1=O. The fourth-order valence-electron chi connectivity index (χ4n) is 3.22. The molecule has 2 fully saturated rings. The lowest BCUT2D eigenvalue weighted by Crippen LogP contribution is -2.40. The van der Waals surface area contributed by atoms with Crippen LogP contribution in [0.15, 0.2) is 0 Å². The van der Waals surface area contributed by atoms with Crippen molar-refractivity contribution in [3.63, 3.8) is 0 Å². The highest BCUT2D eigenvalue weighted by Crippen LogP contribution is 2.49. The molecule has 1 heterocycles. The van der Waals surface area contributed by atoms with Gasteiger partial charge in [0.05, 0.1) is 12.2 Å². The number of hydrogen-bond acceptors (Lipinski definition) is 2. The Morgan fingerprint density at radius 1 is 1.21 bits per heavy atom. The lowest BCUT2D eigenvalue weighted by Gasteiger charge is -2.28. The molecule has 0 radical (unpaired) electrons. The van der Waals surface area contributed by atoms with Gasteiger partial charge in [-0.15, -0.1) is 0 Å². The van der Waals surface area contributed by atoms with Crippen molar-refractivity contribution in [1.29, 1.82) is 0 Å². The lowest BCUT2D eigenvalue weighted by molar-refractivity contribution is -0.131. The molecule has 3 heteroatoms. The van der Waals surface area contributed by atoms with E-state index in [9.17, 15) is 4.79 Å². The molecule has 1 saturated carbocycles. The predicted octanol–water partition coefficient (Wildman–Crippen LogP) is 3.29. The molecule has 110 valence electrons. The minimum Gasteiger partial charge on any atom is -0.325 e. The van der Waals surface area contributed by atoms with Gasteiger partial charge in [-0.3, -0.25) is 10.1 Å². The maximum Gasteiger partial charge on any atom is 0.241 e. The van der Waals surface area contributed by atoms with E-state index in [1.807, 2.05) is 0 Å². The fourth-order valence-corrected chi connectivity index (χ4v) is 3.22. The Hall–Kier alpha value is -0.570. The van der Waals surface area contributed by atoms with Gasteiger partial charge >= 0.3 is 0 Å². The van der Waals surface area contributed by atoms with Gasteiger partial charge in [0.2, 0.25) is 5.91 Å². The minimum absolute atomic E-state index is 0.0872. The largest absolute Gasteiger partial charge is 0.325 e. The van der Waals surface area contributed by atoms with E-state index in [0.717, 1.165) is 32.2 Å². The fraction of sp³-hybridized carbons (Fsp3) is 0.938. The number of unbranched alkanes of at least 4 members (excludes halogenated alkanes) is 1. The number of hydrogen-bond donors (Lipinski definition) is 1. The molecule has 1 saturated heterocycles. The topological polar surface area (TPSA) is 32.3 Å². The standard InChI is InChI=1S/C16H30N2O/c1-4-7-9-13-15(19)18(14(17-13)8-5-2)12-16(6-3)10-11-16/h13-14,17H,4-12H2,1-3H3. The molecule has 0 aromatic rings. The Morgan fingerprint density at radius 2 is 1.95 bits per heavy atom. The number of amides is 1. The van der Waals surface area contributed by atoms with Crippen LogP contribution >= 0.6 is 0 Å². The van der Waals surface area contributed by atoms with Crippen LogP contribution in [0.4, 0.5) is 0 Å². The molecule has 0 bridgehead atoms. The quantitative estimate of drug-likeness (QED) is 0.731. The normalized spacial score (nSPS) is 29.0. The average molecular weight is 266 g/mol. The summed E-state index contributed by atoms with van der Waals surface area (Å²) < 4.78 is 0. The smallest absolute Gasteiger partial charge is 0.241 e. The second kappa shape index (κ2) is 6.25. The Bertz CT molecular complexity index is 312. The molecule has 3 nitrogen and oxygen atoms in total. The van der Waals surface area contributed by atoms with Crippen LogP contribution in [0.2, 0.25) is 0 Å². The van der Waals surface area contributed by atoms with Crippen molar-refractivity contribution in [2.75, 3.05) is 6.54 Å². The Balaban J connectivity index is 1.98. The van der Waals surface area contributed by atoms with Crippen LogP contribution < -0.4 is 5.32 Å². The molecule has 19 heavy (non-hydrogen) atoms. The van der Waals surface area contributed by atoms with E-state index in [-0.39, 0.29) is 6.04 Å². The third kappa shape index (κ3) is 3.31. The van der Waals surface area contributed by atoms with E-state index in [4.69, 9.17) is 0 Å². The molecule has 0 aromatic heterocycles. The van der Waals surface area contributed by atoms with Crippen molar-refractivity contribution in [3.8, 4) is 0 Å². The van der Waals surface area contributed by atoms with Gasteiger partial charge < -0.3 is 4.90 Å². The maximum absolute atomic E-state index is 12.6. The van der Waals surface area contributed by atoms with Gasteiger partial charge in [-0.25, -0.2) is 0 Å². The summed E-state index contributed by atoms with van der Waals surface area (Å²) in [6.07, 6.45) is 9.69. The van der Waals surface area contributed by atoms with Crippen LogP contribution in [0.3, 0.4) is 0 Å². The third-order valence-electron chi connectivity index (χ3n) is 4.97. The Kier molecular flexibility index (Phi) is 4.88. The molecule has 1 N–H and O–H groups in total. The first kappa shape index (κ1) is 14.8. The van der Waals surface area contributed by atoms with Gasteiger partial charge in [-0.2, -0.15) is 0 Å². The molecule has 2 unspecified atom stereocenters. The molecular formula is C16H30N2O. The van der Waals surface area contributed by atoms with E-state index < -0.39 is 0 Å². The summed E-state index contributed by atoms with van der Waals surface area (Å²) in [6.45, 7) is 7.65. The zero-order valence-corrected chi connectivity index (χ0v) is 12.9. The molecule has 1 aliphatic heterocycles. The van der Waals surface area contributed by atoms with Crippen molar-refractivity contribution in [3.05, 3.63) is 0 Å². The average Bonchev–Trinajstić information content (AvgIpc) is 3.13. The van der Waals surface area contributed by atoms with Gasteiger partial charge in [0.25, 0.3) is 0 Å². The van der Waals surface area contributed by atoms with Crippen molar-refractivity contribution in [1.82, 2.24) is 10.2 Å². The van der Waals surface area contributed by atoms with Crippen molar-refractivity contribution < 1.29 is 4.79 Å². The second-order valence-electron chi connectivity index (χ2n) is 6.49. The molecule has 1 aliphatic carbocycles. The number of rotatable bonds is 8. The maximum atomic E-state index is 12.6. The number of carbonyl (C=O) groups excluding carboxylic acids is 1. The zero-order valence-electron chi connectivity index (χ0n) is 12.9. The van der Waals surface area contributed by atoms with Crippen LogP contribution in [0.25, 0.3) is 0 Å². The van der Waals surface area contributed by atoms with Crippen LogP contribution in [0.1, 0.15) is 72.1 Å². The molecule has 2 atom stereocenters. The van der Waals surface area contributed by atoms with E-state index in [0.29, 0.717) is 17.5 Å². The molecule has 2 rings (SSSR count). The number of carbonyl (C=O) groups is 1. The third-order valence-corrected chi connectivity index (χ3v) is 4.97. The van der Waals surface area contributed by atoms with Gasteiger partial charge in [-0.05, 0) is 37.5 Å². The van der Waals surface area contributed by atoms with Gasteiger partial charge in [0.1, 0.15) is 0 Å². The van der Waals surface area contributed by atoms with E-state index in [2.05, 4.69) is 31.0 Å². The highest BCUT2D eigenvalue weighted by molar-refractivity contribution is 5.84. The van der Waals surface area contributed by atoms with Crippen LogP contribution in [0.5, 0.6) is 0 Å². The molecule has 2 aliphatic rings. The van der Waals surface area contributed by atoms with Crippen LogP contribution in [-0.2, 0) is 4.79 Å². The van der Waals surface area contributed by atoms with E-state index >= 15 is 0 Å². The summed E-state index contributed by atoms with van der Waals surface area (Å²) in [6, 6.07) is 0.0872. The van der Waals surface area contributed by atoms with Crippen LogP contribution in [0, 0.1) is 5.41 Å². The van der Waals surface area contributed by atoms with E-state index in [1.165, 1.54) is 25.7 Å². The first-order chi connectivity index (χ1) is 9.15. The van der Waals surface area contributed by atoms with Crippen molar-refractivity contribution >= 4 is 5.91 Å². The first-order valence-electron chi connectivity index (χ1n) is 8.22. The molecule has 0 spiro atoms. The summed E-state index contributed by atoms with van der Waals surface area (Å²) >= 11 is 0. The van der Waals surface area contributed by atoms with Gasteiger partial charge in [-0.1, -0.05) is 40.0 Å². The number of nitrogens with one attached hydrogen (secondary N) is 1. The van der Waals surface area contributed by atoms with Gasteiger partial charge in [0, 0.05) is 6.54 Å².